The van der Waals surface area contributed by atoms with E-state index in [9.17, 15) is 19.2 Å². The van der Waals surface area contributed by atoms with Gasteiger partial charge in [-0.1, -0.05) is 29.8 Å². The minimum atomic E-state index is -1.74. The van der Waals surface area contributed by atoms with E-state index in [0.717, 1.165) is 0 Å². The van der Waals surface area contributed by atoms with E-state index in [1.807, 2.05) is 0 Å². The molecule has 0 heterocycles. The molecular weight excluding hydrogens is 300 g/mol. The van der Waals surface area contributed by atoms with Gasteiger partial charge in [-0.05, 0) is 29.8 Å². The van der Waals surface area contributed by atoms with Crippen LogP contribution in [0.5, 0.6) is 0 Å². The minimum absolute atomic E-state index is 0.0929. The maximum absolute atomic E-state index is 12.5. The maximum atomic E-state index is 12.5. The first kappa shape index (κ1) is 14.7. The second kappa shape index (κ2) is 6.17. The summed E-state index contributed by atoms with van der Waals surface area (Å²) in [5.74, 6) is -1.45. The van der Waals surface area contributed by atoms with Crippen LogP contribution >= 0.6 is 11.6 Å². The zero-order chi connectivity index (χ0) is 14.7. The first-order valence-corrected chi connectivity index (χ1v) is 7.19. The summed E-state index contributed by atoms with van der Waals surface area (Å²) in [4.78, 5) is 11.6. The standard InChI is InChI=1S/C14H11ClO4S/c15-10-5-6-13(11(7-10)14(17)18)20(19)12-4-2-1-3-9(12)8-16/h1-7,16H,8H2,(H,17,18)/p-1/t20-/m0/s1. The number of hydrogen-bond acceptors (Lipinski definition) is 4. The fraction of sp³-hybridized carbons (Fsp3) is 0.0714. The van der Waals surface area contributed by atoms with Crippen LogP contribution in [0.25, 0.3) is 0 Å². The van der Waals surface area contributed by atoms with Gasteiger partial charge < -0.3 is 15.0 Å². The smallest absolute Gasteiger partial charge is 0.0860 e. The summed E-state index contributed by atoms with van der Waals surface area (Å²) in [5, 5.41) is 20.6. The summed E-state index contributed by atoms with van der Waals surface area (Å²) in [5.41, 5.74) is 0.258. The van der Waals surface area contributed by atoms with Crippen LogP contribution in [-0.4, -0.2) is 15.3 Å². The Kier molecular flexibility index (Phi) is 4.54. The van der Waals surface area contributed by atoms with Crippen LogP contribution in [0.1, 0.15) is 15.9 Å². The van der Waals surface area contributed by atoms with E-state index in [0.29, 0.717) is 10.5 Å². The lowest BCUT2D eigenvalue weighted by atomic mass is 10.2. The molecule has 4 nitrogen and oxygen atoms in total. The molecule has 0 spiro atoms. The van der Waals surface area contributed by atoms with E-state index < -0.39 is 16.8 Å². The van der Waals surface area contributed by atoms with Gasteiger partial charge in [-0.25, -0.2) is 4.21 Å². The number of hydrogen-bond donors (Lipinski definition) is 1. The highest BCUT2D eigenvalue weighted by molar-refractivity contribution is 7.85. The molecule has 2 rings (SSSR count). The highest BCUT2D eigenvalue weighted by Crippen LogP contribution is 2.25. The third-order valence-electron chi connectivity index (χ3n) is 2.70. The molecule has 0 bridgehead atoms. The Labute approximate surface area is 123 Å². The van der Waals surface area contributed by atoms with Crippen LogP contribution in [0, 0.1) is 0 Å². The number of halogens is 1. The molecule has 104 valence electrons. The van der Waals surface area contributed by atoms with Crippen molar-refractivity contribution in [3.63, 3.8) is 0 Å². The molecule has 0 unspecified atom stereocenters. The first-order valence-electron chi connectivity index (χ1n) is 5.66. The summed E-state index contributed by atoms with van der Waals surface area (Å²) in [6.45, 7) is -0.282. The molecule has 2 aromatic rings. The minimum Gasteiger partial charge on any atom is -0.545 e. The van der Waals surface area contributed by atoms with Crippen molar-refractivity contribution in [1.82, 2.24) is 0 Å². The Bertz CT molecular complexity index is 685. The van der Waals surface area contributed by atoms with E-state index in [1.54, 1.807) is 24.3 Å². The van der Waals surface area contributed by atoms with Crippen molar-refractivity contribution < 1.29 is 19.2 Å². The molecule has 1 atom stereocenters. The average molecular weight is 310 g/mol. The molecule has 0 saturated carbocycles. The average Bonchev–Trinajstić information content (AvgIpc) is 2.46. The van der Waals surface area contributed by atoms with Crippen molar-refractivity contribution >= 4 is 28.4 Å². The van der Waals surface area contributed by atoms with E-state index in [4.69, 9.17) is 11.6 Å². The molecule has 0 saturated heterocycles. The van der Waals surface area contributed by atoms with Crippen molar-refractivity contribution in [1.29, 1.82) is 0 Å². The van der Waals surface area contributed by atoms with Gasteiger partial charge in [0.15, 0.2) is 0 Å². The molecule has 6 heteroatoms. The van der Waals surface area contributed by atoms with Gasteiger partial charge >= 0.3 is 0 Å². The monoisotopic (exact) mass is 309 g/mol. The van der Waals surface area contributed by atoms with Gasteiger partial charge in [0.05, 0.1) is 28.3 Å². The van der Waals surface area contributed by atoms with Crippen LogP contribution < -0.4 is 5.11 Å². The fourth-order valence-electron chi connectivity index (χ4n) is 1.76. The summed E-state index contributed by atoms with van der Waals surface area (Å²) >= 11 is 5.74. The fourth-order valence-corrected chi connectivity index (χ4v) is 3.27. The van der Waals surface area contributed by atoms with Gasteiger partial charge in [-0.15, -0.1) is 0 Å². The second-order valence-corrected chi connectivity index (χ2v) is 5.82. The molecule has 2 aromatic carbocycles. The van der Waals surface area contributed by atoms with Crippen LogP contribution in [-0.2, 0) is 17.4 Å². The first-order chi connectivity index (χ1) is 9.54. The highest BCUT2D eigenvalue weighted by atomic mass is 35.5. The van der Waals surface area contributed by atoms with Crippen molar-refractivity contribution in [2.75, 3.05) is 0 Å². The number of rotatable bonds is 4. The molecule has 0 fully saturated rings. The third kappa shape index (κ3) is 2.90. The lowest BCUT2D eigenvalue weighted by Crippen LogP contribution is -2.24. The van der Waals surface area contributed by atoms with Crippen LogP contribution in [0.2, 0.25) is 5.02 Å². The number of aliphatic hydroxyl groups is 1. The third-order valence-corrected chi connectivity index (χ3v) is 4.49. The SMILES string of the molecule is O=C([O-])c1cc(Cl)ccc1[S@@](=O)c1ccccc1CO. The molecule has 0 aromatic heterocycles. The number of carboxylic acids is 1. The predicted molar refractivity (Wildman–Crippen MR) is 72.8 cm³/mol. The highest BCUT2D eigenvalue weighted by Gasteiger charge is 2.16. The largest absolute Gasteiger partial charge is 0.545 e. The molecule has 0 aliphatic carbocycles. The lowest BCUT2D eigenvalue weighted by molar-refractivity contribution is -0.255. The molecular formula is C14H10ClO4S-. The molecule has 0 radical (unpaired) electrons. The van der Waals surface area contributed by atoms with Gasteiger partial charge in [0, 0.05) is 15.5 Å². The zero-order valence-electron chi connectivity index (χ0n) is 10.2. The number of carboxylic acid groups (broad SMARTS) is 1. The molecule has 0 amide bonds. The Hall–Kier alpha value is -1.69. The van der Waals surface area contributed by atoms with Gasteiger partial charge in [0.2, 0.25) is 0 Å². The zero-order valence-corrected chi connectivity index (χ0v) is 11.8. The van der Waals surface area contributed by atoms with E-state index in [1.165, 1.54) is 18.2 Å². The number of benzene rings is 2. The van der Waals surface area contributed by atoms with Gasteiger partial charge in [-0.3, -0.25) is 0 Å². The number of aliphatic hydroxyl groups excluding tert-OH is 1. The summed E-state index contributed by atoms with van der Waals surface area (Å²) < 4.78 is 12.5. The van der Waals surface area contributed by atoms with Crippen molar-refractivity contribution in [3.05, 3.63) is 58.6 Å². The molecule has 1 N–H and O–H groups in total. The van der Waals surface area contributed by atoms with E-state index in [-0.39, 0.29) is 22.1 Å². The number of carbonyl (C=O) groups is 1. The van der Waals surface area contributed by atoms with Crippen molar-refractivity contribution in [3.8, 4) is 0 Å². The Morgan fingerprint density at radius 1 is 1.20 bits per heavy atom. The Balaban J connectivity index is 2.56. The van der Waals surface area contributed by atoms with Crippen molar-refractivity contribution in [2.24, 2.45) is 0 Å². The summed E-state index contributed by atoms with van der Waals surface area (Å²) in [6, 6.07) is 10.6. The Morgan fingerprint density at radius 3 is 2.55 bits per heavy atom. The van der Waals surface area contributed by atoms with Gasteiger partial charge in [-0.2, -0.15) is 0 Å². The van der Waals surface area contributed by atoms with E-state index >= 15 is 0 Å². The predicted octanol–water partition coefficient (Wildman–Crippen LogP) is 1.36. The van der Waals surface area contributed by atoms with Crippen molar-refractivity contribution in [2.45, 2.75) is 16.4 Å². The maximum Gasteiger partial charge on any atom is 0.0860 e. The molecule has 20 heavy (non-hydrogen) atoms. The summed E-state index contributed by atoms with van der Waals surface area (Å²) in [7, 11) is -1.74. The van der Waals surface area contributed by atoms with Gasteiger partial charge in [0.1, 0.15) is 0 Å². The molecule has 0 aliphatic heterocycles. The van der Waals surface area contributed by atoms with E-state index in [2.05, 4.69) is 0 Å². The normalized spacial score (nSPS) is 12.1. The molecule has 0 aliphatic rings. The number of carbonyl (C=O) groups excluding carboxylic acids is 1. The van der Waals surface area contributed by atoms with Crippen LogP contribution in [0.15, 0.2) is 52.3 Å². The second-order valence-electron chi connectivity index (χ2n) is 3.96. The van der Waals surface area contributed by atoms with Gasteiger partial charge in [0.25, 0.3) is 0 Å². The topological polar surface area (TPSA) is 77.4 Å². The lowest BCUT2D eigenvalue weighted by Gasteiger charge is -2.12. The quantitative estimate of drug-likeness (QED) is 0.925. The number of aromatic carboxylic acids is 1. The van der Waals surface area contributed by atoms with Crippen LogP contribution in [0.3, 0.4) is 0 Å². The summed E-state index contributed by atoms with van der Waals surface area (Å²) in [6.07, 6.45) is 0. The Morgan fingerprint density at radius 2 is 1.90 bits per heavy atom. The van der Waals surface area contributed by atoms with Crippen LogP contribution in [0.4, 0.5) is 0 Å².